The van der Waals surface area contributed by atoms with Crippen molar-refractivity contribution in [2.24, 2.45) is 5.73 Å². The highest BCUT2D eigenvalue weighted by Gasteiger charge is 2.18. The van der Waals surface area contributed by atoms with Crippen molar-refractivity contribution in [1.82, 2.24) is 10.2 Å². The lowest BCUT2D eigenvalue weighted by Gasteiger charge is -2.14. The summed E-state index contributed by atoms with van der Waals surface area (Å²) in [5, 5.41) is 2.78. The Kier molecular flexibility index (Phi) is 2.87. The maximum absolute atomic E-state index is 11.3. The molecule has 0 atom stereocenters. The molecular weight excluding hydrogens is 190 g/mol. The van der Waals surface area contributed by atoms with Crippen LogP contribution in [-0.2, 0) is 13.1 Å². The van der Waals surface area contributed by atoms with Crippen molar-refractivity contribution < 1.29 is 4.79 Å². The minimum Gasteiger partial charge on any atom is -0.336 e. The zero-order chi connectivity index (χ0) is 10.7. The van der Waals surface area contributed by atoms with E-state index < -0.39 is 0 Å². The Labute approximate surface area is 89.1 Å². The molecule has 1 fully saturated rings. The molecule has 2 rings (SSSR count). The van der Waals surface area contributed by atoms with E-state index in [1.54, 1.807) is 4.90 Å². The van der Waals surface area contributed by atoms with Gasteiger partial charge in [0.05, 0.1) is 0 Å². The molecule has 2 amide bonds. The Morgan fingerprint density at radius 1 is 1.27 bits per heavy atom. The third-order valence-corrected chi connectivity index (χ3v) is 2.58. The van der Waals surface area contributed by atoms with Crippen LogP contribution >= 0.6 is 0 Å². The standard InChI is InChI=1S/C11H15N3O/c12-7-9-1-3-10(4-2-9)8-14-6-5-13-11(14)15/h1-4H,5-8,12H2,(H,13,15). The minimum atomic E-state index is 0.0258. The predicted molar refractivity (Wildman–Crippen MR) is 58.1 cm³/mol. The molecule has 0 unspecified atom stereocenters. The SMILES string of the molecule is NCc1ccc(CN2CCNC2=O)cc1. The second-order valence-corrected chi connectivity index (χ2v) is 3.67. The van der Waals surface area contributed by atoms with Crippen molar-refractivity contribution in [3.63, 3.8) is 0 Å². The van der Waals surface area contributed by atoms with Gasteiger partial charge in [-0.05, 0) is 11.1 Å². The highest BCUT2D eigenvalue weighted by molar-refractivity contribution is 5.76. The van der Waals surface area contributed by atoms with Crippen molar-refractivity contribution in [3.05, 3.63) is 35.4 Å². The van der Waals surface area contributed by atoms with Gasteiger partial charge in [-0.15, -0.1) is 0 Å². The summed E-state index contributed by atoms with van der Waals surface area (Å²) < 4.78 is 0. The van der Waals surface area contributed by atoms with E-state index in [0.29, 0.717) is 13.1 Å². The third kappa shape index (κ3) is 2.27. The zero-order valence-corrected chi connectivity index (χ0v) is 8.57. The molecule has 0 aromatic heterocycles. The summed E-state index contributed by atoms with van der Waals surface area (Å²) >= 11 is 0. The second-order valence-electron chi connectivity index (χ2n) is 3.67. The summed E-state index contributed by atoms with van der Waals surface area (Å²) in [7, 11) is 0. The molecule has 4 heteroatoms. The number of carbonyl (C=O) groups is 1. The number of carbonyl (C=O) groups excluding carboxylic acids is 1. The molecule has 15 heavy (non-hydrogen) atoms. The number of nitrogens with two attached hydrogens (primary N) is 1. The topological polar surface area (TPSA) is 58.4 Å². The van der Waals surface area contributed by atoms with Crippen molar-refractivity contribution in [3.8, 4) is 0 Å². The first-order chi connectivity index (χ1) is 7.29. The summed E-state index contributed by atoms with van der Waals surface area (Å²) in [4.78, 5) is 13.1. The average Bonchev–Trinajstić information content (AvgIpc) is 2.66. The normalized spacial score (nSPS) is 15.5. The number of rotatable bonds is 3. The molecule has 1 aliphatic heterocycles. The van der Waals surface area contributed by atoms with Crippen molar-refractivity contribution in [1.29, 1.82) is 0 Å². The molecule has 1 saturated heterocycles. The van der Waals surface area contributed by atoms with Gasteiger partial charge < -0.3 is 16.0 Å². The second kappa shape index (κ2) is 4.31. The van der Waals surface area contributed by atoms with E-state index in [2.05, 4.69) is 5.32 Å². The number of hydrogen-bond donors (Lipinski definition) is 2. The van der Waals surface area contributed by atoms with E-state index in [1.165, 1.54) is 0 Å². The summed E-state index contributed by atoms with van der Waals surface area (Å²) in [5.74, 6) is 0. The Balaban J connectivity index is 2.01. The average molecular weight is 205 g/mol. The molecule has 1 aromatic rings. The van der Waals surface area contributed by atoms with Gasteiger partial charge in [0.15, 0.2) is 0 Å². The Bertz CT molecular complexity index is 347. The molecule has 0 spiro atoms. The van der Waals surface area contributed by atoms with Crippen LogP contribution in [0.3, 0.4) is 0 Å². The van der Waals surface area contributed by atoms with Gasteiger partial charge >= 0.3 is 6.03 Å². The molecule has 4 nitrogen and oxygen atoms in total. The number of hydrogen-bond acceptors (Lipinski definition) is 2. The Morgan fingerprint density at radius 3 is 2.47 bits per heavy atom. The lowest BCUT2D eigenvalue weighted by atomic mass is 10.1. The van der Waals surface area contributed by atoms with E-state index in [0.717, 1.165) is 24.2 Å². The van der Waals surface area contributed by atoms with Crippen molar-refractivity contribution in [2.45, 2.75) is 13.1 Å². The smallest absolute Gasteiger partial charge is 0.317 e. The molecule has 0 saturated carbocycles. The van der Waals surface area contributed by atoms with E-state index in [1.807, 2.05) is 24.3 Å². The van der Waals surface area contributed by atoms with Gasteiger partial charge in [-0.1, -0.05) is 24.3 Å². The largest absolute Gasteiger partial charge is 0.336 e. The first-order valence-corrected chi connectivity index (χ1v) is 5.10. The predicted octanol–water partition coefficient (Wildman–Crippen LogP) is 0.670. The van der Waals surface area contributed by atoms with Gasteiger partial charge in [-0.25, -0.2) is 4.79 Å². The van der Waals surface area contributed by atoms with Gasteiger partial charge in [0, 0.05) is 26.2 Å². The first-order valence-electron chi connectivity index (χ1n) is 5.10. The maximum atomic E-state index is 11.3. The van der Waals surface area contributed by atoms with Crippen LogP contribution in [0.2, 0.25) is 0 Å². The Morgan fingerprint density at radius 2 is 1.93 bits per heavy atom. The van der Waals surface area contributed by atoms with Crippen LogP contribution < -0.4 is 11.1 Å². The quantitative estimate of drug-likeness (QED) is 0.762. The Hall–Kier alpha value is -1.55. The van der Waals surface area contributed by atoms with E-state index in [4.69, 9.17) is 5.73 Å². The van der Waals surface area contributed by atoms with Crippen LogP contribution in [-0.4, -0.2) is 24.0 Å². The number of amides is 2. The number of nitrogens with one attached hydrogen (secondary N) is 1. The molecule has 80 valence electrons. The van der Waals surface area contributed by atoms with Crippen LogP contribution in [0, 0.1) is 0 Å². The minimum absolute atomic E-state index is 0.0258. The summed E-state index contributed by atoms with van der Waals surface area (Å²) in [6, 6.07) is 8.08. The van der Waals surface area contributed by atoms with Crippen molar-refractivity contribution >= 4 is 6.03 Å². The van der Waals surface area contributed by atoms with Gasteiger partial charge in [-0.2, -0.15) is 0 Å². The van der Waals surface area contributed by atoms with Crippen molar-refractivity contribution in [2.75, 3.05) is 13.1 Å². The van der Waals surface area contributed by atoms with Crippen LogP contribution in [0.4, 0.5) is 4.79 Å². The van der Waals surface area contributed by atoms with Gasteiger partial charge in [-0.3, -0.25) is 0 Å². The lowest BCUT2D eigenvalue weighted by molar-refractivity contribution is 0.215. The van der Waals surface area contributed by atoms with Gasteiger partial charge in [0.1, 0.15) is 0 Å². The molecule has 0 bridgehead atoms. The summed E-state index contributed by atoms with van der Waals surface area (Å²) in [6.45, 7) is 2.78. The number of nitrogens with zero attached hydrogens (tertiary/aromatic N) is 1. The summed E-state index contributed by atoms with van der Waals surface area (Å²) in [6.07, 6.45) is 0. The molecular formula is C11H15N3O. The van der Waals surface area contributed by atoms with E-state index in [-0.39, 0.29) is 6.03 Å². The van der Waals surface area contributed by atoms with Gasteiger partial charge in [0.2, 0.25) is 0 Å². The molecule has 1 aromatic carbocycles. The molecule has 1 aliphatic rings. The first kappa shape index (κ1) is 9.98. The fourth-order valence-electron chi connectivity index (χ4n) is 1.66. The van der Waals surface area contributed by atoms with Crippen LogP contribution in [0.5, 0.6) is 0 Å². The molecule has 3 N–H and O–H groups in total. The highest BCUT2D eigenvalue weighted by Crippen LogP contribution is 2.09. The number of benzene rings is 1. The molecule has 0 radical (unpaired) electrons. The van der Waals surface area contributed by atoms with Crippen LogP contribution in [0.1, 0.15) is 11.1 Å². The van der Waals surface area contributed by atoms with Crippen LogP contribution in [0.15, 0.2) is 24.3 Å². The van der Waals surface area contributed by atoms with E-state index in [9.17, 15) is 4.79 Å². The number of urea groups is 1. The van der Waals surface area contributed by atoms with E-state index >= 15 is 0 Å². The highest BCUT2D eigenvalue weighted by atomic mass is 16.2. The third-order valence-electron chi connectivity index (χ3n) is 2.58. The fourth-order valence-corrected chi connectivity index (χ4v) is 1.66. The van der Waals surface area contributed by atoms with Gasteiger partial charge in [0.25, 0.3) is 0 Å². The maximum Gasteiger partial charge on any atom is 0.317 e. The lowest BCUT2D eigenvalue weighted by Crippen LogP contribution is -2.27. The zero-order valence-electron chi connectivity index (χ0n) is 8.57. The van der Waals surface area contributed by atoms with Crippen LogP contribution in [0.25, 0.3) is 0 Å². The molecule has 1 heterocycles. The summed E-state index contributed by atoms with van der Waals surface area (Å²) in [5.41, 5.74) is 7.77. The monoisotopic (exact) mass is 205 g/mol. The molecule has 0 aliphatic carbocycles. The fraction of sp³-hybridized carbons (Fsp3) is 0.364.